The van der Waals surface area contributed by atoms with Gasteiger partial charge in [-0.05, 0) is 37.5 Å². The molecule has 1 saturated heterocycles. The highest BCUT2D eigenvalue weighted by Gasteiger charge is 2.30. The van der Waals surface area contributed by atoms with Gasteiger partial charge in [-0.25, -0.2) is 0 Å². The number of halogens is 1. The number of allylic oxidation sites excluding steroid dienone is 1. The first-order valence-electron chi connectivity index (χ1n) is 10.6. The summed E-state index contributed by atoms with van der Waals surface area (Å²) in [4.78, 5) is 25.7. The van der Waals surface area contributed by atoms with Crippen molar-refractivity contribution in [2.45, 2.75) is 52.1 Å². The van der Waals surface area contributed by atoms with Crippen molar-refractivity contribution in [2.75, 3.05) is 18.9 Å². The number of anilines is 1. The number of aromatic nitrogens is 3. The van der Waals surface area contributed by atoms with Gasteiger partial charge < -0.3 is 20.9 Å². The van der Waals surface area contributed by atoms with Gasteiger partial charge in [0.05, 0.1) is 5.56 Å². The molecule has 0 aromatic carbocycles. The maximum absolute atomic E-state index is 13.1. The van der Waals surface area contributed by atoms with Crippen LogP contribution in [0, 0.1) is 11.8 Å². The second kappa shape index (κ2) is 9.32. The fourth-order valence-electron chi connectivity index (χ4n) is 3.80. The van der Waals surface area contributed by atoms with Gasteiger partial charge in [-0.1, -0.05) is 26.0 Å². The van der Waals surface area contributed by atoms with Crippen LogP contribution in [0.4, 0.5) is 5.82 Å². The Labute approximate surface area is 186 Å². The zero-order valence-electron chi connectivity index (χ0n) is 17.8. The minimum absolute atomic E-state index is 0. The summed E-state index contributed by atoms with van der Waals surface area (Å²) < 4.78 is 8.11. The fourth-order valence-corrected chi connectivity index (χ4v) is 3.80. The van der Waals surface area contributed by atoms with Crippen molar-refractivity contribution in [3.8, 4) is 5.88 Å². The molecule has 31 heavy (non-hydrogen) atoms. The van der Waals surface area contributed by atoms with E-state index in [9.17, 15) is 14.7 Å². The van der Waals surface area contributed by atoms with E-state index in [2.05, 4.69) is 16.5 Å². The second-order valence-electron chi connectivity index (χ2n) is 8.60. The first kappa shape index (κ1) is 23.1. The highest BCUT2D eigenvalue weighted by molar-refractivity contribution is 5.97. The molecule has 1 saturated carbocycles. The van der Waals surface area contributed by atoms with Gasteiger partial charge in [0.25, 0.3) is 11.5 Å². The summed E-state index contributed by atoms with van der Waals surface area (Å²) in [7, 11) is 0. The third-order valence-corrected chi connectivity index (χ3v) is 5.55. The molecule has 4 rings (SSSR count). The normalized spacial score (nSPS) is 17.4. The molecule has 9 nitrogen and oxygen atoms in total. The number of fused-ring (bicyclic) bond motifs is 1. The monoisotopic (exact) mass is 451 g/mol. The van der Waals surface area contributed by atoms with Crippen molar-refractivity contribution >= 4 is 35.9 Å². The van der Waals surface area contributed by atoms with Crippen LogP contribution in [0.5, 0.6) is 5.88 Å². The molecular weight excluding hydrogens is 422 g/mol. The average Bonchev–Trinajstić information content (AvgIpc) is 3.45. The molecule has 0 unspecified atom stereocenters. The first-order chi connectivity index (χ1) is 14.4. The van der Waals surface area contributed by atoms with Crippen molar-refractivity contribution in [3.63, 3.8) is 0 Å². The number of rotatable bonds is 6. The van der Waals surface area contributed by atoms with Gasteiger partial charge in [-0.15, -0.1) is 17.5 Å². The number of carbonyl (C=O) groups is 1. The predicted molar refractivity (Wildman–Crippen MR) is 121 cm³/mol. The van der Waals surface area contributed by atoms with Crippen LogP contribution in [-0.2, 0) is 11.3 Å². The van der Waals surface area contributed by atoms with Crippen LogP contribution >= 0.6 is 12.4 Å². The van der Waals surface area contributed by atoms with Crippen molar-refractivity contribution < 1.29 is 14.6 Å². The Morgan fingerprint density at radius 3 is 2.61 bits per heavy atom. The molecule has 4 N–H and O–H groups in total. The van der Waals surface area contributed by atoms with Crippen LogP contribution in [-0.4, -0.2) is 44.5 Å². The molecule has 2 aromatic rings. The molecule has 2 aromatic heterocycles. The van der Waals surface area contributed by atoms with Crippen LogP contribution in [0.1, 0.15) is 55.5 Å². The number of aromatic hydroxyl groups is 1. The van der Waals surface area contributed by atoms with Crippen LogP contribution in [0.3, 0.4) is 0 Å². The van der Waals surface area contributed by atoms with Crippen molar-refractivity contribution in [2.24, 2.45) is 11.8 Å². The van der Waals surface area contributed by atoms with E-state index >= 15 is 0 Å². The van der Waals surface area contributed by atoms with Crippen LogP contribution in [0.15, 0.2) is 10.9 Å². The van der Waals surface area contributed by atoms with Crippen molar-refractivity contribution in [1.29, 1.82) is 0 Å². The number of carbonyl (C=O) groups excluding carboxylic acids is 1. The Bertz CT molecular complexity index is 1050. The topological polar surface area (TPSA) is 124 Å². The Hall–Kier alpha value is -2.52. The van der Waals surface area contributed by atoms with Crippen LogP contribution < -0.4 is 16.6 Å². The zero-order valence-corrected chi connectivity index (χ0v) is 18.7. The second-order valence-corrected chi connectivity index (χ2v) is 8.60. The molecule has 0 radical (unpaired) electrons. The molecule has 3 heterocycles. The van der Waals surface area contributed by atoms with Gasteiger partial charge in [0, 0.05) is 25.8 Å². The maximum atomic E-state index is 13.1. The molecule has 0 atom stereocenters. The van der Waals surface area contributed by atoms with E-state index in [1.807, 2.05) is 19.9 Å². The maximum Gasteiger partial charge on any atom is 0.291 e. The molecule has 1 amide bonds. The molecular formula is C21H30ClN5O4. The van der Waals surface area contributed by atoms with Gasteiger partial charge in [0.1, 0.15) is 0 Å². The van der Waals surface area contributed by atoms with Gasteiger partial charge in [0.15, 0.2) is 17.0 Å². The van der Waals surface area contributed by atoms with E-state index in [1.54, 1.807) is 4.57 Å². The lowest BCUT2D eigenvalue weighted by Crippen LogP contribution is -2.34. The minimum atomic E-state index is -0.668. The number of hydrogen-bond donors (Lipinski definition) is 3. The van der Waals surface area contributed by atoms with E-state index in [-0.39, 0.29) is 41.6 Å². The summed E-state index contributed by atoms with van der Waals surface area (Å²) >= 11 is 0. The fraction of sp³-hybridized carbons (Fsp3) is 0.571. The molecule has 170 valence electrons. The summed E-state index contributed by atoms with van der Waals surface area (Å²) in [6.45, 7) is 5.84. The van der Waals surface area contributed by atoms with E-state index in [0.717, 1.165) is 43.4 Å². The third kappa shape index (κ3) is 4.72. The number of amides is 1. The Morgan fingerprint density at radius 2 is 2.00 bits per heavy atom. The third-order valence-electron chi connectivity index (χ3n) is 5.55. The first-order valence-corrected chi connectivity index (χ1v) is 10.6. The molecule has 1 aliphatic carbocycles. The average molecular weight is 452 g/mol. The number of nitrogens with one attached hydrogen (secondary N) is 1. The smallest absolute Gasteiger partial charge is 0.291 e. The molecule has 1 aliphatic heterocycles. The summed E-state index contributed by atoms with van der Waals surface area (Å²) in [6.07, 6.45) is 7.53. The lowest BCUT2D eigenvalue weighted by atomic mass is 9.99. The lowest BCUT2D eigenvalue weighted by Gasteiger charge is -2.19. The molecule has 10 heteroatoms. The predicted octanol–water partition coefficient (Wildman–Crippen LogP) is 2.19. The van der Waals surface area contributed by atoms with Crippen LogP contribution in [0.2, 0.25) is 0 Å². The summed E-state index contributed by atoms with van der Waals surface area (Å²) in [5.41, 5.74) is 6.17. The van der Waals surface area contributed by atoms with Crippen LogP contribution in [0.25, 0.3) is 11.7 Å². The van der Waals surface area contributed by atoms with E-state index < -0.39 is 11.5 Å². The minimum Gasteiger partial charge on any atom is -0.494 e. The molecule has 2 fully saturated rings. The number of ether oxygens (including phenoxy) is 1. The zero-order chi connectivity index (χ0) is 21.4. The Balaban J connectivity index is 0.00000272. The Kier molecular flexibility index (Phi) is 6.96. The van der Waals surface area contributed by atoms with Crippen molar-refractivity contribution in [3.05, 3.63) is 27.6 Å². The number of nitrogens with two attached hydrogens (primary N) is 1. The number of nitrogen functional groups attached to an aromatic ring is 1. The molecule has 2 aliphatic rings. The highest BCUT2D eigenvalue weighted by Crippen LogP contribution is 2.28. The van der Waals surface area contributed by atoms with Gasteiger partial charge in [-0.2, -0.15) is 4.52 Å². The van der Waals surface area contributed by atoms with Crippen molar-refractivity contribution in [1.82, 2.24) is 19.5 Å². The van der Waals surface area contributed by atoms with E-state index in [1.165, 1.54) is 0 Å². The van der Waals surface area contributed by atoms with E-state index in [4.69, 9.17) is 10.5 Å². The summed E-state index contributed by atoms with van der Waals surface area (Å²) in [5.74, 6) is -0.222. The SMILES string of the molecule is CC(C)Cn1c(O)c(C(=O)NC2CC2)c(=O)n2nc(N)c(C=CC3CCOCC3)c12.Cl. The van der Waals surface area contributed by atoms with Gasteiger partial charge >= 0.3 is 0 Å². The lowest BCUT2D eigenvalue weighted by molar-refractivity contribution is 0.0787. The quantitative estimate of drug-likeness (QED) is 0.618. The van der Waals surface area contributed by atoms with E-state index in [0.29, 0.717) is 23.7 Å². The summed E-state index contributed by atoms with van der Waals surface area (Å²) in [5, 5.41) is 17.9. The standard InChI is InChI=1S/C21H29N5O4.ClH/c1-12(2)11-25-19-15(6-3-13-7-9-30-10-8-13)17(22)24-26(19)21(29)16(20(25)28)18(27)23-14-4-5-14;/h3,6,12-14,28H,4-5,7-11H2,1-2H3,(H2,22,24)(H,23,27);1H. The van der Waals surface area contributed by atoms with Gasteiger partial charge in [-0.3, -0.25) is 14.2 Å². The molecule has 0 bridgehead atoms. The summed E-state index contributed by atoms with van der Waals surface area (Å²) in [6, 6.07) is 0.0613. The number of nitrogens with zero attached hydrogens (tertiary/aromatic N) is 3. The van der Waals surface area contributed by atoms with Gasteiger partial charge in [0.2, 0.25) is 5.88 Å². The highest BCUT2D eigenvalue weighted by atomic mass is 35.5. The number of hydrogen-bond acceptors (Lipinski definition) is 6. The molecule has 0 spiro atoms. The largest absolute Gasteiger partial charge is 0.494 e. The Morgan fingerprint density at radius 1 is 1.32 bits per heavy atom.